The van der Waals surface area contributed by atoms with E-state index in [1.807, 2.05) is 0 Å². The summed E-state index contributed by atoms with van der Waals surface area (Å²) < 4.78 is 17.2. The Hall–Kier alpha value is -0.978. The van der Waals surface area contributed by atoms with Crippen LogP contribution in [0.1, 0.15) is 20.8 Å². The predicted molar refractivity (Wildman–Crippen MR) is 39.4 cm³/mol. The van der Waals surface area contributed by atoms with E-state index >= 15 is 0 Å². The first-order valence-electron chi connectivity index (χ1n) is 3.13. The molecule has 0 aliphatic heterocycles. The summed E-state index contributed by atoms with van der Waals surface area (Å²) in [5.74, 6) is -3.25. The number of hydrogen-bond donors (Lipinski definition) is 1. The minimum atomic E-state index is -2.51. The number of carboxylic acid groups (broad SMARTS) is 3. The summed E-state index contributed by atoms with van der Waals surface area (Å²) >= 11 is -2.51. The molecule has 0 radical (unpaired) electrons. The molecule has 0 fully saturated rings. The Balaban J connectivity index is -0.0000000331. The van der Waals surface area contributed by atoms with Gasteiger partial charge in [-0.3, -0.25) is 0 Å². The van der Waals surface area contributed by atoms with Crippen LogP contribution in [0.2, 0.25) is 0 Å². The molecule has 0 rings (SSSR count). The van der Waals surface area contributed by atoms with Crippen molar-refractivity contribution in [2.75, 3.05) is 0 Å². The topological polar surface area (TPSA) is 191 Å². The summed E-state index contributed by atoms with van der Waals surface area (Å²) in [5.41, 5.74) is 0. The second kappa shape index (κ2) is 29.2. The summed E-state index contributed by atoms with van der Waals surface area (Å²) in [6, 6.07) is 0. The third kappa shape index (κ3) is 1970. The predicted octanol–water partition coefficient (Wildman–Crippen LogP) is -3.59. The van der Waals surface area contributed by atoms with E-state index in [1.54, 1.807) is 0 Å². The Kier molecular flexibility index (Phi) is 53.7. The van der Waals surface area contributed by atoms with Crippen LogP contribution in [0.25, 0.3) is 0 Å². The molecule has 0 unspecified atom stereocenters. The molecule has 0 saturated heterocycles. The molecule has 0 heterocycles. The first kappa shape index (κ1) is 29.4. The second-order valence-corrected chi connectivity index (χ2v) is 2.25. The van der Waals surface area contributed by atoms with Crippen LogP contribution in [0.15, 0.2) is 0 Å². The van der Waals surface area contributed by atoms with Crippen molar-refractivity contribution in [1.29, 1.82) is 0 Å². The van der Waals surface area contributed by atoms with Crippen molar-refractivity contribution in [3.63, 3.8) is 0 Å². The number of carboxylic acids is 3. The van der Waals surface area contributed by atoms with E-state index in [9.17, 15) is 0 Å². The van der Waals surface area contributed by atoms with Gasteiger partial charge in [0.05, 0.1) is 0 Å². The number of aliphatic carboxylic acids is 3. The summed E-state index contributed by atoms with van der Waals surface area (Å²) in [5, 5.41) is 26.7. The van der Waals surface area contributed by atoms with Crippen molar-refractivity contribution in [3.05, 3.63) is 0 Å². The number of carbonyl (C=O) groups excluding carboxylic acids is 3. The van der Waals surface area contributed by atoms with Gasteiger partial charge in [0.2, 0.25) is 0 Å². The van der Waals surface area contributed by atoms with E-state index in [0.717, 1.165) is 20.8 Å². The van der Waals surface area contributed by atoms with Crippen LogP contribution in [0.3, 0.4) is 0 Å². The van der Waals surface area contributed by atoms with Crippen LogP contribution in [0, 0.1) is 27.8 Å². The zero-order chi connectivity index (χ0) is 13.4. The molecule has 0 aliphatic rings. The van der Waals surface area contributed by atoms with Gasteiger partial charge in [-0.15, -0.1) is 0 Å². The van der Waals surface area contributed by atoms with Gasteiger partial charge in [-0.2, -0.15) is 0 Å². The molecule has 0 aromatic rings. The van der Waals surface area contributed by atoms with Gasteiger partial charge >= 0.3 is 32.3 Å². The Labute approximate surface area is 107 Å². The minimum absolute atomic E-state index is 0. The Morgan fingerprint density at radius 3 is 0.750 bits per heavy atom. The Bertz CT molecular complexity index is 182. The van der Waals surface area contributed by atoms with Crippen LogP contribution in [-0.4, -0.2) is 17.9 Å². The van der Waals surface area contributed by atoms with Crippen LogP contribution < -0.4 is 21.5 Å². The average molecular weight is 465 g/mol. The fourth-order valence-electron chi connectivity index (χ4n) is 0. The molecule has 9 nitrogen and oxygen atoms in total. The molecule has 4 N–H and O–H groups in total. The fourth-order valence-corrected chi connectivity index (χ4v) is 0. The van der Waals surface area contributed by atoms with Gasteiger partial charge in [-0.1, -0.05) is 0 Å². The van der Waals surface area contributed by atoms with Crippen molar-refractivity contribution >= 4 is 17.9 Å². The van der Waals surface area contributed by atoms with E-state index in [0.29, 0.717) is 0 Å². The summed E-state index contributed by atoms with van der Waals surface area (Å²) in [6.45, 7) is 2.92. The van der Waals surface area contributed by atoms with Crippen LogP contribution >= 0.6 is 0 Å². The molecule has 94 valence electrons. The van der Waals surface area contributed by atoms with E-state index in [4.69, 9.17) is 34.2 Å². The van der Waals surface area contributed by atoms with E-state index < -0.39 is 45.7 Å². The second-order valence-electron chi connectivity index (χ2n) is 1.56. The first-order chi connectivity index (χ1) is 6.61. The monoisotopic (exact) mass is 465 g/mol. The Morgan fingerprint density at radius 1 is 0.750 bits per heavy atom. The molecule has 0 saturated carbocycles. The molecule has 0 aromatic carbocycles. The van der Waals surface area contributed by atoms with Crippen LogP contribution in [0.5, 0.6) is 0 Å². The molecule has 16 heavy (non-hydrogen) atoms. The maximum absolute atomic E-state index is 8.89. The van der Waals surface area contributed by atoms with E-state index in [-0.39, 0.29) is 6.15 Å². The first-order valence-corrected chi connectivity index (χ1v) is 6.53. The normalized spacial score (nSPS) is 5.19. The summed E-state index contributed by atoms with van der Waals surface area (Å²) in [7, 11) is 0. The zero-order valence-corrected chi connectivity index (χ0v) is 13.4. The molecule has 10 heteroatoms. The van der Waals surface area contributed by atoms with Crippen molar-refractivity contribution in [2.45, 2.75) is 20.8 Å². The molecular formula is C6H13NO8U. The maximum atomic E-state index is 8.89. The van der Waals surface area contributed by atoms with Gasteiger partial charge in [-0.25, -0.2) is 0 Å². The number of quaternary nitrogens is 1. The average Bonchev–Trinajstić information content (AvgIpc) is 1.81. The number of rotatable bonds is 0. The van der Waals surface area contributed by atoms with Crippen LogP contribution in [-0.2, 0) is 18.9 Å². The molecule has 0 atom stereocenters. The fraction of sp³-hybridized carbons (Fsp3) is 0.500. The van der Waals surface area contributed by atoms with Gasteiger partial charge in [0.25, 0.3) is 0 Å². The molecule has 0 aromatic heterocycles. The van der Waals surface area contributed by atoms with Crippen molar-refractivity contribution in [2.24, 2.45) is 0 Å². The van der Waals surface area contributed by atoms with Gasteiger partial charge in [-0.05, 0) is 20.8 Å². The molecule has 0 aliphatic carbocycles. The summed E-state index contributed by atoms with van der Waals surface area (Å²) in [6.07, 6.45) is 0. The van der Waals surface area contributed by atoms with Crippen molar-refractivity contribution < 1.29 is 62.0 Å². The summed E-state index contributed by atoms with van der Waals surface area (Å²) in [4.78, 5) is 26.7. The number of carbonyl (C=O) groups is 3. The quantitative estimate of drug-likeness (QED) is 0.379. The van der Waals surface area contributed by atoms with Crippen LogP contribution in [0.4, 0.5) is 0 Å². The number of hydrogen-bond acceptors (Lipinski definition) is 8. The van der Waals surface area contributed by atoms with E-state index in [2.05, 4.69) is 0 Å². The van der Waals surface area contributed by atoms with Gasteiger partial charge in [0.15, 0.2) is 0 Å². The molecule has 0 spiro atoms. The Morgan fingerprint density at radius 2 is 0.750 bits per heavy atom. The van der Waals surface area contributed by atoms with Crippen molar-refractivity contribution in [1.82, 2.24) is 6.15 Å². The third-order valence-electron chi connectivity index (χ3n) is 0. The SMILES string of the molecule is CC(=O)[O-].CC(=O)[O-].CC(=O)[O-].[NH4+].[O]=[U+2]=[O]. The zero-order valence-electron chi connectivity index (χ0n) is 9.27. The standard InChI is InChI=1S/3C2H4O2.H3N.2O.U/c3*1-2(3)4;;;;/h3*1H3,(H,3,4);1H3;;;/q;;;;;;+2/p-2. The molecular weight excluding hydrogens is 452 g/mol. The van der Waals surface area contributed by atoms with Crippen molar-refractivity contribution in [3.8, 4) is 0 Å². The van der Waals surface area contributed by atoms with Gasteiger partial charge in [0.1, 0.15) is 0 Å². The molecule has 0 amide bonds. The van der Waals surface area contributed by atoms with E-state index in [1.165, 1.54) is 0 Å². The third-order valence-corrected chi connectivity index (χ3v) is 0. The van der Waals surface area contributed by atoms with Gasteiger partial charge < -0.3 is 35.9 Å². The molecule has 0 bridgehead atoms. The van der Waals surface area contributed by atoms with Gasteiger partial charge in [0, 0.05) is 17.9 Å².